The number of hydrogen-bond acceptors (Lipinski definition) is 4. The number of piperazine rings is 1. The maximum Gasteiger partial charge on any atom is 0.292 e. The number of amides is 2. The fourth-order valence-electron chi connectivity index (χ4n) is 2.97. The third-order valence-corrected chi connectivity index (χ3v) is 4.52. The van der Waals surface area contributed by atoms with Gasteiger partial charge in [-0.25, -0.2) is 8.78 Å². The fourth-order valence-corrected chi connectivity index (χ4v) is 2.97. The first-order chi connectivity index (χ1) is 13.4. The van der Waals surface area contributed by atoms with E-state index in [-0.39, 0.29) is 23.8 Å². The molecule has 3 rings (SSSR count). The standard InChI is InChI=1S/C20H19F2N3O3/c21-15-6-4-14(5-7-15)19(27)20(28)23-13-18(26)25-10-8-24(9-11-25)17-3-1-2-16(22)12-17/h1-7,12H,8-11,13H2,(H,23,28). The molecule has 0 bridgehead atoms. The number of hydrogen-bond donors (Lipinski definition) is 1. The summed E-state index contributed by atoms with van der Waals surface area (Å²) >= 11 is 0. The quantitative estimate of drug-likeness (QED) is 0.625. The van der Waals surface area contributed by atoms with Crippen molar-refractivity contribution in [1.82, 2.24) is 10.2 Å². The van der Waals surface area contributed by atoms with Crippen LogP contribution in [-0.4, -0.2) is 55.2 Å². The molecule has 8 heteroatoms. The first-order valence-electron chi connectivity index (χ1n) is 8.80. The van der Waals surface area contributed by atoms with E-state index in [0.717, 1.165) is 17.8 Å². The minimum absolute atomic E-state index is 0.0510. The fraction of sp³-hybridized carbons (Fsp3) is 0.250. The van der Waals surface area contributed by atoms with Crippen LogP contribution in [0, 0.1) is 11.6 Å². The van der Waals surface area contributed by atoms with Gasteiger partial charge in [0.05, 0.1) is 6.54 Å². The van der Waals surface area contributed by atoms with Crippen LogP contribution in [0.2, 0.25) is 0 Å². The lowest BCUT2D eigenvalue weighted by Gasteiger charge is -2.36. The third-order valence-electron chi connectivity index (χ3n) is 4.52. The molecule has 1 aliphatic rings. The maximum atomic E-state index is 13.3. The molecule has 1 heterocycles. The number of carbonyl (C=O) groups is 3. The predicted octanol–water partition coefficient (Wildman–Crippen LogP) is 1.61. The topological polar surface area (TPSA) is 69.7 Å². The molecule has 1 N–H and O–H groups in total. The van der Waals surface area contributed by atoms with Crippen LogP contribution < -0.4 is 10.2 Å². The summed E-state index contributed by atoms with van der Waals surface area (Å²) in [5.74, 6) is -2.88. The van der Waals surface area contributed by atoms with Gasteiger partial charge in [-0.3, -0.25) is 14.4 Å². The van der Waals surface area contributed by atoms with Gasteiger partial charge in [-0.2, -0.15) is 0 Å². The molecule has 1 saturated heterocycles. The highest BCUT2D eigenvalue weighted by atomic mass is 19.1. The Labute approximate surface area is 160 Å². The summed E-state index contributed by atoms with van der Waals surface area (Å²) in [5.41, 5.74) is 0.806. The largest absolute Gasteiger partial charge is 0.368 e. The van der Waals surface area contributed by atoms with Crippen molar-refractivity contribution in [1.29, 1.82) is 0 Å². The number of benzene rings is 2. The van der Waals surface area contributed by atoms with Gasteiger partial charge in [0, 0.05) is 37.4 Å². The number of nitrogens with one attached hydrogen (secondary N) is 1. The Bertz CT molecular complexity index is 879. The highest BCUT2D eigenvalue weighted by Crippen LogP contribution is 2.17. The molecule has 146 valence electrons. The minimum Gasteiger partial charge on any atom is -0.368 e. The molecule has 0 radical (unpaired) electrons. The number of anilines is 1. The van der Waals surface area contributed by atoms with Crippen molar-refractivity contribution < 1.29 is 23.2 Å². The molecule has 0 unspecified atom stereocenters. The second kappa shape index (κ2) is 8.60. The lowest BCUT2D eigenvalue weighted by atomic mass is 10.1. The van der Waals surface area contributed by atoms with E-state index in [0.29, 0.717) is 26.2 Å². The van der Waals surface area contributed by atoms with Crippen molar-refractivity contribution in [2.75, 3.05) is 37.6 Å². The normalized spacial score (nSPS) is 13.9. The molecule has 6 nitrogen and oxygen atoms in total. The molecule has 28 heavy (non-hydrogen) atoms. The maximum absolute atomic E-state index is 13.3. The van der Waals surface area contributed by atoms with Gasteiger partial charge in [-0.1, -0.05) is 6.07 Å². The summed E-state index contributed by atoms with van der Waals surface area (Å²) in [6.07, 6.45) is 0. The van der Waals surface area contributed by atoms with Gasteiger partial charge in [0.2, 0.25) is 11.7 Å². The van der Waals surface area contributed by atoms with Crippen LogP contribution in [0.3, 0.4) is 0 Å². The lowest BCUT2D eigenvalue weighted by Crippen LogP contribution is -2.51. The van der Waals surface area contributed by atoms with E-state index in [9.17, 15) is 23.2 Å². The van der Waals surface area contributed by atoms with E-state index >= 15 is 0 Å². The van der Waals surface area contributed by atoms with Crippen LogP contribution in [0.15, 0.2) is 48.5 Å². The van der Waals surface area contributed by atoms with Crippen molar-refractivity contribution >= 4 is 23.3 Å². The Morgan fingerprint density at radius 3 is 2.21 bits per heavy atom. The Balaban J connectivity index is 1.47. The summed E-state index contributed by atoms with van der Waals surface area (Å²) in [6.45, 7) is 1.63. The van der Waals surface area contributed by atoms with Gasteiger partial charge in [-0.05, 0) is 42.5 Å². The van der Waals surface area contributed by atoms with Crippen LogP contribution in [0.5, 0.6) is 0 Å². The van der Waals surface area contributed by atoms with Crippen molar-refractivity contribution in [3.8, 4) is 0 Å². The summed E-state index contributed by atoms with van der Waals surface area (Å²) < 4.78 is 26.2. The number of halogens is 2. The summed E-state index contributed by atoms with van der Waals surface area (Å²) in [5, 5.41) is 2.31. The van der Waals surface area contributed by atoms with Crippen molar-refractivity contribution in [2.45, 2.75) is 0 Å². The highest BCUT2D eigenvalue weighted by Gasteiger charge is 2.23. The first-order valence-corrected chi connectivity index (χ1v) is 8.80. The van der Waals surface area contributed by atoms with Crippen molar-refractivity contribution in [2.24, 2.45) is 0 Å². The molecule has 0 aromatic heterocycles. The number of rotatable bonds is 5. The van der Waals surface area contributed by atoms with E-state index in [2.05, 4.69) is 5.32 Å². The molecule has 2 aromatic rings. The molecule has 2 aromatic carbocycles. The predicted molar refractivity (Wildman–Crippen MR) is 98.9 cm³/mol. The number of ketones is 1. The molecular formula is C20H19F2N3O3. The average Bonchev–Trinajstić information content (AvgIpc) is 2.72. The summed E-state index contributed by atoms with van der Waals surface area (Å²) in [7, 11) is 0. The first kappa shape index (κ1) is 19.5. The zero-order valence-electron chi connectivity index (χ0n) is 15.0. The molecule has 0 aliphatic carbocycles. The zero-order valence-corrected chi connectivity index (χ0v) is 15.0. The third kappa shape index (κ3) is 4.70. The summed E-state index contributed by atoms with van der Waals surface area (Å²) in [6, 6.07) is 10.9. The number of carbonyl (C=O) groups excluding carboxylic acids is 3. The van der Waals surface area contributed by atoms with Crippen molar-refractivity contribution in [3.63, 3.8) is 0 Å². The molecular weight excluding hydrogens is 368 g/mol. The van der Waals surface area contributed by atoms with Crippen LogP contribution in [-0.2, 0) is 9.59 Å². The average molecular weight is 387 g/mol. The van der Waals surface area contributed by atoms with Crippen LogP contribution in [0.25, 0.3) is 0 Å². The van der Waals surface area contributed by atoms with Crippen LogP contribution >= 0.6 is 0 Å². The van der Waals surface area contributed by atoms with Gasteiger partial charge in [0.25, 0.3) is 5.91 Å². The van der Waals surface area contributed by atoms with E-state index in [1.807, 2.05) is 11.0 Å². The molecule has 0 atom stereocenters. The van der Waals surface area contributed by atoms with Crippen LogP contribution in [0.1, 0.15) is 10.4 Å². The van der Waals surface area contributed by atoms with E-state index < -0.39 is 17.5 Å². The number of nitrogens with zero attached hydrogens (tertiary/aromatic N) is 2. The van der Waals surface area contributed by atoms with E-state index in [1.165, 1.54) is 24.3 Å². The molecule has 0 spiro atoms. The van der Waals surface area contributed by atoms with Gasteiger partial charge >= 0.3 is 0 Å². The monoisotopic (exact) mass is 387 g/mol. The Morgan fingerprint density at radius 1 is 0.893 bits per heavy atom. The number of Topliss-reactive ketones (excluding diaryl/α,β-unsaturated/α-hetero) is 1. The van der Waals surface area contributed by atoms with Gasteiger partial charge in [-0.15, -0.1) is 0 Å². The molecule has 0 saturated carbocycles. The van der Waals surface area contributed by atoms with Crippen molar-refractivity contribution in [3.05, 3.63) is 65.7 Å². The molecule has 2 amide bonds. The lowest BCUT2D eigenvalue weighted by molar-refractivity contribution is -0.132. The SMILES string of the molecule is O=C(NCC(=O)N1CCN(c2cccc(F)c2)CC1)C(=O)c1ccc(F)cc1. The van der Waals surface area contributed by atoms with Gasteiger partial charge in [0.1, 0.15) is 11.6 Å². The Kier molecular flexibility index (Phi) is 5.98. The molecule has 1 aliphatic heterocycles. The Hall–Kier alpha value is -3.29. The second-order valence-electron chi connectivity index (χ2n) is 6.37. The second-order valence-corrected chi connectivity index (χ2v) is 6.37. The van der Waals surface area contributed by atoms with E-state index in [4.69, 9.17) is 0 Å². The highest BCUT2D eigenvalue weighted by molar-refractivity contribution is 6.43. The van der Waals surface area contributed by atoms with Gasteiger partial charge in [0.15, 0.2) is 0 Å². The summed E-state index contributed by atoms with van der Waals surface area (Å²) in [4.78, 5) is 39.7. The molecule has 1 fully saturated rings. The van der Waals surface area contributed by atoms with Crippen LogP contribution in [0.4, 0.5) is 14.5 Å². The zero-order chi connectivity index (χ0) is 20.1. The van der Waals surface area contributed by atoms with Gasteiger partial charge < -0.3 is 15.1 Å². The smallest absolute Gasteiger partial charge is 0.292 e. The minimum atomic E-state index is -0.918. The Morgan fingerprint density at radius 2 is 1.57 bits per heavy atom. The van der Waals surface area contributed by atoms with E-state index in [1.54, 1.807) is 11.0 Å².